The maximum absolute atomic E-state index is 13.0. The number of nitrogens with one attached hydrogen (secondary N) is 1. The van der Waals surface area contributed by atoms with Crippen molar-refractivity contribution in [1.29, 1.82) is 0 Å². The van der Waals surface area contributed by atoms with E-state index in [1.165, 1.54) is 5.56 Å². The predicted molar refractivity (Wildman–Crippen MR) is 110 cm³/mol. The maximum Gasteiger partial charge on any atom is 0.306 e. The van der Waals surface area contributed by atoms with Crippen molar-refractivity contribution in [3.8, 4) is 5.75 Å². The van der Waals surface area contributed by atoms with Crippen molar-refractivity contribution in [2.45, 2.75) is 44.6 Å². The van der Waals surface area contributed by atoms with E-state index in [4.69, 9.17) is 4.74 Å². The predicted octanol–water partition coefficient (Wildman–Crippen LogP) is 4.11. The van der Waals surface area contributed by atoms with Crippen LogP contribution in [0.15, 0.2) is 48.5 Å². The Labute approximate surface area is 171 Å². The van der Waals surface area contributed by atoms with Crippen molar-refractivity contribution < 1.29 is 19.4 Å². The number of carbonyl (C=O) groups is 2. The Hall–Kier alpha value is -2.82. The molecule has 1 unspecified atom stereocenters. The van der Waals surface area contributed by atoms with Crippen LogP contribution in [0, 0.1) is 11.8 Å². The van der Waals surface area contributed by atoms with Gasteiger partial charge in [0, 0.05) is 5.92 Å². The smallest absolute Gasteiger partial charge is 0.306 e. The molecular formula is C24H27NO4. The van der Waals surface area contributed by atoms with Gasteiger partial charge < -0.3 is 15.2 Å². The molecule has 1 amide bonds. The van der Waals surface area contributed by atoms with Crippen LogP contribution in [-0.2, 0) is 16.0 Å². The largest absolute Gasteiger partial charge is 0.493 e. The molecule has 1 aliphatic heterocycles. The zero-order valence-corrected chi connectivity index (χ0v) is 16.5. The highest BCUT2D eigenvalue weighted by Gasteiger charge is 2.31. The second kappa shape index (κ2) is 8.68. The normalized spacial score (nSPS) is 22.1. The van der Waals surface area contributed by atoms with Crippen LogP contribution in [0.25, 0.3) is 0 Å². The number of fused-ring (bicyclic) bond motifs is 1. The molecule has 5 heteroatoms. The molecule has 29 heavy (non-hydrogen) atoms. The highest BCUT2D eigenvalue weighted by molar-refractivity contribution is 5.80. The van der Waals surface area contributed by atoms with Gasteiger partial charge >= 0.3 is 5.97 Å². The molecule has 152 valence electrons. The average Bonchev–Trinajstić information content (AvgIpc) is 2.77. The van der Waals surface area contributed by atoms with E-state index in [0.29, 0.717) is 25.7 Å². The summed E-state index contributed by atoms with van der Waals surface area (Å²) in [4.78, 5) is 24.2. The first-order chi connectivity index (χ1) is 14.1. The molecule has 0 bridgehead atoms. The highest BCUT2D eigenvalue weighted by Crippen LogP contribution is 2.33. The van der Waals surface area contributed by atoms with E-state index in [1.807, 2.05) is 42.5 Å². The van der Waals surface area contributed by atoms with E-state index in [9.17, 15) is 14.7 Å². The van der Waals surface area contributed by atoms with E-state index < -0.39 is 5.97 Å². The molecule has 1 saturated carbocycles. The minimum atomic E-state index is -0.748. The fourth-order valence-electron chi connectivity index (χ4n) is 4.43. The summed E-state index contributed by atoms with van der Waals surface area (Å²) < 4.78 is 5.73. The van der Waals surface area contributed by atoms with Crippen LogP contribution in [0.2, 0.25) is 0 Å². The van der Waals surface area contributed by atoms with Crippen molar-refractivity contribution in [2.24, 2.45) is 11.8 Å². The number of amides is 1. The second-order valence-corrected chi connectivity index (χ2v) is 8.06. The molecule has 2 aromatic rings. The molecule has 0 aromatic heterocycles. The lowest BCUT2D eigenvalue weighted by Crippen LogP contribution is -2.37. The summed E-state index contributed by atoms with van der Waals surface area (Å²) in [6, 6.07) is 15.9. The minimum Gasteiger partial charge on any atom is -0.493 e. The number of aryl methyl sites for hydroxylation is 1. The minimum absolute atomic E-state index is 0.0108. The summed E-state index contributed by atoms with van der Waals surface area (Å²) in [6.45, 7) is 0.754. The Bertz CT molecular complexity index is 872. The molecule has 2 N–H and O–H groups in total. The first-order valence-electron chi connectivity index (χ1n) is 10.5. The van der Waals surface area contributed by atoms with Crippen molar-refractivity contribution >= 4 is 11.9 Å². The fraction of sp³-hybridized carbons (Fsp3) is 0.417. The number of ether oxygens (including phenoxy) is 1. The standard InChI is InChI=1S/C24H27NO4/c26-23(17-8-10-18(11-9-17)24(27)28)25-22(16-5-2-1-3-6-16)20-12-13-21-19(15-20)7-4-14-29-21/h1-3,5-6,12-13,15,17-18,22H,4,7-11,14H2,(H,25,26)(H,27,28). The van der Waals surface area contributed by atoms with Gasteiger partial charge in [-0.3, -0.25) is 9.59 Å². The van der Waals surface area contributed by atoms with Gasteiger partial charge in [0.1, 0.15) is 5.75 Å². The number of carbonyl (C=O) groups excluding carboxylic acids is 1. The van der Waals surface area contributed by atoms with Crippen molar-refractivity contribution in [2.75, 3.05) is 6.61 Å². The number of benzene rings is 2. The molecule has 2 aliphatic rings. The lowest BCUT2D eigenvalue weighted by molar-refractivity contribution is -0.144. The van der Waals surface area contributed by atoms with Crippen LogP contribution in [0.1, 0.15) is 54.8 Å². The molecule has 1 atom stereocenters. The van der Waals surface area contributed by atoms with Gasteiger partial charge in [0.2, 0.25) is 5.91 Å². The van der Waals surface area contributed by atoms with Crippen LogP contribution in [0.4, 0.5) is 0 Å². The Morgan fingerprint density at radius 1 is 0.966 bits per heavy atom. The van der Waals surface area contributed by atoms with Crippen molar-refractivity contribution in [1.82, 2.24) is 5.32 Å². The number of hydrogen-bond donors (Lipinski definition) is 2. The van der Waals surface area contributed by atoms with Crippen molar-refractivity contribution in [3.63, 3.8) is 0 Å². The zero-order valence-electron chi connectivity index (χ0n) is 16.5. The van der Waals surface area contributed by atoms with E-state index in [1.54, 1.807) is 0 Å². The Balaban J connectivity index is 1.54. The molecular weight excluding hydrogens is 366 g/mol. The number of aliphatic carboxylic acids is 1. The lowest BCUT2D eigenvalue weighted by atomic mass is 9.81. The van der Waals surface area contributed by atoms with Gasteiger partial charge in [0.05, 0.1) is 18.6 Å². The molecule has 0 saturated heterocycles. The summed E-state index contributed by atoms with van der Waals surface area (Å²) in [7, 11) is 0. The van der Waals surface area contributed by atoms with Gasteiger partial charge in [-0.05, 0) is 67.3 Å². The third-order valence-corrected chi connectivity index (χ3v) is 6.13. The molecule has 1 heterocycles. The first kappa shape index (κ1) is 19.5. The highest BCUT2D eigenvalue weighted by atomic mass is 16.5. The van der Waals surface area contributed by atoms with Crippen LogP contribution < -0.4 is 10.1 Å². The van der Waals surface area contributed by atoms with Gasteiger partial charge in [-0.1, -0.05) is 36.4 Å². The van der Waals surface area contributed by atoms with Crippen LogP contribution in [-0.4, -0.2) is 23.6 Å². The summed E-state index contributed by atoms with van der Waals surface area (Å²) in [5, 5.41) is 12.4. The summed E-state index contributed by atoms with van der Waals surface area (Å²) in [5.74, 6) is -0.244. The van der Waals surface area contributed by atoms with Gasteiger partial charge in [-0.2, -0.15) is 0 Å². The van der Waals surface area contributed by atoms with Gasteiger partial charge in [0.25, 0.3) is 0 Å². The third-order valence-electron chi connectivity index (χ3n) is 6.13. The Kier molecular flexibility index (Phi) is 5.84. The summed E-state index contributed by atoms with van der Waals surface area (Å²) >= 11 is 0. The van der Waals surface area contributed by atoms with Gasteiger partial charge in [0.15, 0.2) is 0 Å². The number of hydrogen-bond acceptors (Lipinski definition) is 3. The molecule has 5 nitrogen and oxygen atoms in total. The number of carboxylic acids is 1. The van der Waals surface area contributed by atoms with Crippen molar-refractivity contribution in [3.05, 3.63) is 65.2 Å². The topological polar surface area (TPSA) is 75.6 Å². The number of carboxylic acid groups (broad SMARTS) is 1. The van der Waals surface area contributed by atoms with E-state index in [-0.39, 0.29) is 23.8 Å². The second-order valence-electron chi connectivity index (χ2n) is 8.06. The summed E-state index contributed by atoms with van der Waals surface area (Å²) in [6.07, 6.45) is 4.38. The molecule has 1 fully saturated rings. The molecule has 0 radical (unpaired) electrons. The quantitative estimate of drug-likeness (QED) is 0.802. The van der Waals surface area contributed by atoms with Gasteiger partial charge in [-0.25, -0.2) is 0 Å². The summed E-state index contributed by atoms with van der Waals surface area (Å²) in [5.41, 5.74) is 3.27. The number of rotatable bonds is 5. The Morgan fingerprint density at radius 2 is 1.69 bits per heavy atom. The SMILES string of the molecule is O=C(O)C1CCC(C(=O)NC(c2ccccc2)c2ccc3c(c2)CCCO3)CC1. The van der Waals surface area contributed by atoms with Gasteiger partial charge in [-0.15, -0.1) is 0 Å². The monoisotopic (exact) mass is 393 g/mol. The van der Waals surface area contributed by atoms with E-state index in [2.05, 4.69) is 11.4 Å². The molecule has 1 aliphatic carbocycles. The third kappa shape index (κ3) is 4.44. The van der Waals surface area contributed by atoms with Crippen LogP contribution in [0.3, 0.4) is 0 Å². The molecule has 0 spiro atoms. The van der Waals surface area contributed by atoms with E-state index in [0.717, 1.165) is 36.3 Å². The first-order valence-corrected chi connectivity index (χ1v) is 10.5. The molecule has 4 rings (SSSR count). The van der Waals surface area contributed by atoms with E-state index >= 15 is 0 Å². The maximum atomic E-state index is 13.0. The fourth-order valence-corrected chi connectivity index (χ4v) is 4.43. The van der Waals surface area contributed by atoms with Crippen LogP contribution >= 0.6 is 0 Å². The molecule has 2 aromatic carbocycles. The average molecular weight is 393 g/mol. The lowest BCUT2D eigenvalue weighted by Gasteiger charge is -2.28. The Morgan fingerprint density at radius 3 is 2.41 bits per heavy atom. The zero-order chi connectivity index (χ0) is 20.2. The van der Waals surface area contributed by atoms with Crippen LogP contribution in [0.5, 0.6) is 5.75 Å².